The predicted octanol–water partition coefficient (Wildman–Crippen LogP) is 5.07. The van der Waals surface area contributed by atoms with Crippen molar-refractivity contribution in [3.05, 3.63) is 34.3 Å². The van der Waals surface area contributed by atoms with Crippen molar-refractivity contribution in [2.45, 2.75) is 64.3 Å². The molecule has 0 heterocycles. The molecule has 0 aromatic heterocycles. The Hall–Kier alpha value is -0.340. The van der Waals surface area contributed by atoms with E-state index >= 15 is 0 Å². The van der Waals surface area contributed by atoms with E-state index in [-0.39, 0.29) is 0 Å². The molecule has 2 N–H and O–H groups in total. The van der Waals surface area contributed by atoms with Crippen LogP contribution in [0.5, 0.6) is 0 Å². The number of rotatable bonds is 9. The Morgan fingerprint density at radius 2 is 1.72 bits per heavy atom. The van der Waals surface area contributed by atoms with Crippen LogP contribution in [0.4, 0.5) is 0 Å². The van der Waals surface area contributed by atoms with Crippen LogP contribution in [-0.4, -0.2) is 6.04 Å². The van der Waals surface area contributed by atoms with Crippen LogP contribution in [0.15, 0.2) is 28.7 Å². The molecule has 0 aliphatic heterocycles. The standard InChI is InChI=1S/C16H26BrN/c1-2-3-4-5-6-7-11-15(18)13-14-10-8-9-12-16(14)17/h8-10,12,15H,2-7,11,13,18H2,1H3. The molecule has 0 aliphatic carbocycles. The Bertz CT molecular complexity index is 325. The van der Waals surface area contributed by atoms with Gasteiger partial charge in [0.15, 0.2) is 0 Å². The van der Waals surface area contributed by atoms with Gasteiger partial charge in [-0.05, 0) is 24.5 Å². The van der Waals surface area contributed by atoms with Gasteiger partial charge in [0, 0.05) is 10.5 Å². The van der Waals surface area contributed by atoms with Crippen molar-refractivity contribution in [3.63, 3.8) is 0 Å². The van der Waals surface area contributed by atoms with Gasteiger partial charge in [0.05, 0.1) is 0 Å². The van der Waals surface area contributed by atoms with Crippen molar-refractivity contribution >= 4 is 15.9 Å². The Morgan fingerprint density at radius 1 is 1.06 bits per heavy atom. The van der Waals surface area contributed by atoms with E-state index < -0.39 is 0 Å². The maximum atomic E-state index is 6.19. The monoisotopic (exact) mass is 311 g/mol. The smallest absolute Gasteiger partial charge is 0.0207 e. The molecule has 0 saturated carbocycles. The van der Waals surface area contributed by atoms with Crippen LogP contribution in [0, 0.1) is 0 Å². The first-order chi connectivity index (χ1) is 8.74. The molecule has 2 heteroatoms. The molecule has 0 spiro atoms. The van der Waals surface area contributed by atoms with Crippen molar-refractivity contribution in [2.75, 3.05) is 0 Å². The highest BCUT2D eigenvalue weighted by Crippen LogP contribution is 2.18. The minimum atomic E-state index is 0.301. The van der Waals surface area contributed by atoms with Crippen LogP contribution in [0.3, 0.4) is 0 Å². The molecule has 0 fully saturated rings. The van der Waals surface area contributed by atoms with E-state index in [0.717, 1.165) is 12.8 Å². The molecule has 1 aromatic carbocycles. The fourth-order valence-corrected chi connectivity index (χ4v) is 2.68. The lowest BCUT2D eigenvalue weighted by molar-refractivity contribution is 0.532. The molecule has 1 unspecified atom stereocenters. The number of unbranched alkanes of at least 4 members (excludes halogenated alkanes) is 5. The van der Waals surface area contributed by atoms with Crippen molar-refractivity contribution in [2.24, 2.45) is 5.73 Å². The third kappa shape index (κ3) is 6.55. The minimum Gasteiger partial charge on any atom is -0.327 e. The van der Waals surface area contributed by atoms with Crippen molar-refractivity contribution in [1.29, 1.82) is 0 Å². The highest BCUT2D eigenvalue weighted by molar-refractivity contribution is 9.10. The zero-order chi connectivity index (χ0) is 13.2. The summed E-state index contributed by atoms with van der Waals surface area (Å²) in [5.41, 5.74) is 7.52. The average Bonchev–Trinajstić information content (AvgIpc) is 2.36. The second-order valence-electron chi connectivity index (χ2n) is 5.11. The summed E-state index contributed by atoms with van der Waals surface area (Å²) in [6, 6.07) is 8.68. The van der Waals surface area contributed by atoms with Crippen LogP contribution < -0.4 is 5.73 Å². The van der Waals surface area contributed by atoms with Gasteiger partial charge in [0.1, 0.15) is 0 Å². The normalized spacial score (nSPS) is 12.6. The highest BCUT2D eigenvalue weighted by Gasteiger charge is 2.06. The van der Waals surface area contributed by atoms with Gasteiger partial charge in [-0.3, -0.25) is 0 Å². The second-order valence-corrected chi connectivity index (χ2v) is 5.97. The molecule has 1 atom stereocenters. The van der Waals surface area contributed by atoms with Gasteiger partial charge in [-0.2, -0.15) is 0 Å². The summed E-state index contributed by atoms with van der Waals surface area (Å²) in [5.74, 6) is 0. The lowest BCUT2D eigenvalue weighted by atomic mass is 10.0. The lowest BCUT2D eigenvalue weighted by Gasteiger charge is -2.12. The summed E-state index contributed by atoms with van der Waals surface area (Å²) in [5, 5.41) is 0. The lowest BCUT2D eigenvalue weighted by Crippen LogP contribution is -2.22. The Balaban J connectivity index is 2.14. The summed E-state index contributed by atoms with van der Waals surface area (Å²) in [7, 11) is 0. The Labute approximate surface area is 120 Å². The van der Waals surface area contributed by atoms with E-state index in [1.165, 1.54) is 48.6 Å². The average molecular weight is 312 g/mol. The fraction of sp³-hybridized carbons (Fsp3) is 0.625. The van der Waals surface area contributed by atoms with Crippen molar-refractivity contribution in [1.82, 2.24) is 0 Å². The van der Waals surface area contributed by atoms with E-state index in [1.54, 1.807) is 0 Å². The summed E-state index contributed by atoms with van der Waals surface area (Å²) in [6.07, 6.45) is 10.2. The molecule has 18 heavy (non-hydrogen) atoms. The third-order valence-electron chi connectivity index (χ3n) is 3.37. The maximum absolute atomic E-state index is 6.19. The van der Waals surface area contributed by atoms with E-state index in [0.29, 0.717) is 6.04 Å². The highest BCUT2D eigenvalue weighted by atomic mass is 79.9. The molecular weight excluding hydrogens is 286 g/mol. The summed E-state index contributed by atoms with van der Waals surface area (Å²) < 4.78 is 1.18. The number of nitrogens with two attached hydrogens (primary N) is 1. The predicted molar refractivity (Wildman–Crippen MR) is 83.8 cm³/mol. The molecule has 0 amide bonds. The quantitative estimate of drug-likeness (QED) is 0.633. The molecule has 1 rings (SSSR count). The fourth-order valence-electron chi connectivity index (χ4n) is 2.24. The molecular formula is C16H26BrN. The first kappa shape index (κ1) is 15.7. The van der Waals surface area contributed by atoms with E-state index in [2.05, 4.69) is 41.1 Å². The summed E-state index contributed by atoms with van der Waals surface area (Å²) >= 11 is 3.58. The van der Waals surface area contributed by atoms with Crippen LogP contribution in [0.1, 0.15) is 57.4 Å². The van der Waals surface area contributed by atoms with Crippen LogP contribution >= 0.6 is 15.9 Å². The molecule has 1 nitrogen and oxygen atoms in total. The zero-order valence-electron chi connectivity index (χ0n) is 11.5. The molecule has 0 aliphatic rings. The first-order valence-electron chi connectivity index (χ1n) is 7.23. The number of hydrogen-bond acceptors (Lipinski definition) is 1. The van der Waals surface area contributed by atoms with Gasteiger partial charge in [0.25, 0.3) is 0 Å². The van der Waals surface area contributed by atoms with Gasteiger partial charge < -0.3 is 5.73 Å². The topological polar surface area (TPSA) is 26.0 Å². The van der Waals surface area contributed by atoms with Gasteiger partial charge in [0.2, 0.25) is 0 Å². The molecule has 1 aromatic rings. The number of benzene rings is 1. The largest absolute Gasteiger partial charge is 0.327 e. The maximum Gasteiger partial charge on any atom is 0.0207 e. The summed E-state index contributed by atoms with van der Waals surface area (Å²) in [6.45, 7) is 2.26. The zero-order valence-corrected chi connectivity index (χ0v) is 13.1. The number of hydrogen-bond donors (Lipinski definition) is 1. The van der Waals surface area contributed by atoms with E-state index in [4.69, 9.17) is 5.73 Å². The van der Waals surface area contributed by atoms with Gasteiger partial charge in [-0.1, -0.05) is 79.6 Å². The SMILES string of the molecule is CCCCCCCCC(N)Cc1ccccc1Br. The first-order valence-corrected chi connectivity index (χ1v) is 8.02. The van der Waals surface area contributed by atoms with Gasteiger partial charge in [-0.25, -0.2) is 0 Å². The van der Waals surface area contributed by atoms with Crippen LogP contribution in [-0.2, 0) is 6.42 Å². The second kappa shape index (κ2) is 9.57. The molecule has 0 radical (unpaired) electrons. The third-order valence-corrected chi connectivity index (χ3v) is 4.14. The minimum absolute atomic E-state index is 0.301. The van der Waals surface area contributed by atoms with Gasteiger partial charge in [-0.15, -0.1) is 0 Å². The number of halogens is 1. The van der Waals surface area contributed by atoms with Crippen LogP contribution in [0.25, 0.3) is 0 Å². The summed E-state index contributed by atoms with van der Waals surface area (Å²) in [4.78, 5) is 0. The Kier molecular flexibility index (Phi) is 8.36. The molecule has 102 valence electrons. The van der Waals surface area contributed by atoms with Crippen LogP contribution in [0.2, 0.25) is 0 Å². The molecule has 0 bridgehead atoms. The Morgan fingerprint density at radius 3 is 2.44 bits per heavy atom. The van der Waals surface area contributed by atoms with E-state index in [9.17, 15) is 0 Å². The van der Waals surface area contributed by atoms with Crippen molar-refractivity contribution < 1.29 is 0 Å². The molecule has 0 saturated heterocycles. The van der Waals surface area contributed by atoms with Crippen molar-refractivity contribution in [3.8, 4) is 0 Å². The van der Waals surface area contributed by atoms with E-state index in [1.807, 2.05) is 6.07 Å². The van der Waals surface area contributed by atoms with Gasteiger partial charge >= 0.3 is 0 Å².